The molecule has 0 aliphatic heterocycles. The maximum atomic E-state index is 4.54. The van der Waals surface area contributed by atoms with Gasteiger partial charge in [0.05, 0.1) is 11.7 Å². The molecule has 0 saturated heterocycles. The van der Waals surface area contributed by atoms with Crippen molar-refractivity contribution in [3.8, 4) is 11.1 Å². The van der Waals surface area contributed by atoms with E-state index in [1.807, 2.05) is 6.07 Å². The maximum Gasteiger partial charge on any atom is 0.0585 e. The van der Waals surface area contributed by atoms with Crippen LogP contribution in [0.3, 0.4) is 0 Å². The van der Waals surface area contributed by atoms with E-state index in [1.54, 1.807) is 0 Å². The van der Waals surface area contributed by atoms with Crippen molar-refractivity contribution >= 4 is 17.4 Å². The highest BCUT2D eigenvalue weighted by molar-refractivity contribution is 7.78. The van der Waals surface area contributed by atoms with Crippen LogP contribution in [0.2, 0.25) is 0 Å². The van der Waals surface area contributed by atoms with Gasteiger partial charge in [-0.3, -0.25) is 0 Å². The Labute approximate surface area is 107 Å². The first kappa shape index (κ1) is 11.7. The quantitative estimate of drug-likeness (QED) is 0.580. The molecule has 0 unspecified atom stereocenters. The summed E-state index contributed by atoms with van der Waals surface area (Å²) in [6.07, 6.45) is 0.915. The van der Waals surface area contributed by atoms with E-state index < -0.39 is 0 Å². The Morgan fingerprint density at radius 3 is 2.18 bits per heavy atom. The van der Waals surface area contributed by atoms with Gasteiger partial charge in [-0.05, 0) is 35.3 Å². The van der Waals surface area contributed by atoms with Crippen LogP contribution in [0.4, 0.5) is 0 Å². The summed E-state index contributed by atoms with van der Waals surface area (Å²) in [7, 11) is 0. The second kappa shape index (κ2) is 6.09. The van der Waals surface area contributed by atoms with Crippen LogP contribution in [-0.4, -0.2) is 11.7 Å². The largest absolute Gasteiger partial charge is 0.232 e. The van der Waals surface area contributed by atoms with Gasteiger partial charge in [-0.1, -0.05) is 54.6 Å². The third-order valence-electron chi connectivity index (χ3n) is 2.64. The third-order valence-corrected chi connectivity index (χ3v) is 2.77. The van der Waals surface area contributed by atoms with Gasteiger partial charge in [0, 0.05) is 0 Å². The molecule has 2 rings (SSSR count). The summed E-state index contributed by atoms with van der Waals surface area (Å²) in [4.78, 5) is 3.91. The second-order valence-electron chi connectivity index (χ2n) is 3.79. The van der Waals surface area contributed by atoms with E-state index in [-0.39, 0.29) is 0 Å². The highest BCUT2D eigenvalue weighted by Gasteiger charge is 1.96. The van der Waals surface area contributed by atoms with E-state index in [4.69, 9.17) is 0 Å². The molecular formula is C15H13NS. The summed E-state index contributed by atoms with van der Waals surface area (Å²) >= 11 is 4.54. The average molecular weight is 239 g/mol. The SMILES string of the molecule is S=C=NCCc1ccc(-c2ccccc2)cc1. The molecule has 0 aliphatic carbocycles. The van der Waals surface area contributed by atoms with Gasteiger partial charge in [-0.15, -0.1) is 0 Å². The minimum atomic E-state index is 0.716. The first-order chi connectivity index (χ1) is 8.40. The zero-order valence-electron chi connectivity index (χ0n) is 9.47. The molecule has 1 nitrogen and oxygen atoms in total. The van der Waals surface area contributed by atoms with Gasteiger partial charge in [-0.25, -0.2) is 4.99 Å². The van der Waals surface area contributed by atoms with Gasteiger partial charge in [0.15, 0.2) is 0 Å². The maximum absolute atomic E-state index is 4.54. The molecule has 0 N–H and O–H groups in total. The molecule has 0 bridgehead atoms. The first-order valence-corrected chi connectivity index (χ1v) is 5.99. The number of hydrogen-bond donors (Lipinski definition) is 0. The van der Waals surface area contributed by atoms with Crippen LogP contribution in [0.5, 0.6) is 0 Å². The smallest absolute Gasteiger partial charge is 0.0585 e. The topological polar surface area (TPSA) is 12.4 Å². The van der Waals surface area contributed by atoms with E-state index in [2.05, 4.69) is 70.9 Å². The average Bonchev–Trinajstić information content (AvgIpc) is 2.41. The number of isothiocyanates is 1. The Bertz CT molecular complexity index is 510. The fourth-order valence-corrected chi connectivity index (χ4v) is 1.82. The fourth-order valence-electron chi connectivity index (χ4n) is 1.73. The van der Waals surface area contributed by atoms with E-state index in [1.165, 1.54) is 16.7 Å². The van der Waals surface area contributed by atoms with Crippen molar-refractivity contribution in [3.63, 3.8) is 0 Å². The van der Waals surface area contributed by atoms with Crippen LogP contribution in [-0.2, 0) is 6.42 Å². The number of benzene rings is 2. The number of aliphatic imine (C=N–C) groups is 1. The minimum absolute atomic E-state index is 0.716. The standard InChI is InChI=1S/C15H13NS/c17-12-16-11-10-13-6-8-15(9-7-13)14-4-2-1-3-5-14/h1-9H,10-11H2. The van der Waals surface area contributed by atoms with E-state index in [0.29, 0.717) is 6.54 Å². The third kappa shape index (κ3) is 3.35. The summed E-state index contributed by atoms with van der Waals surface area (Å²) < 4.78 is 0. The van der Waals surface area contributed by atoms with Crippen LogP contribution in [0.15, 0.2) is 59.6 Å². The van der Waals surface area contributed by atoms with Crippen molar-refractivity contribution < 1.29 is 0 Å². The summed E-state index contributed by atoms with van der Waals surface area (Å²) in [6, 6.07) is 18.9. The van der Waals surface area contributed by atoms with Crippen molar-refractivity contribution in [2.24, 2.45) is 4.99 Å². The summed E-state index contributed by atoms with van der Waals surface area (Å²) in [5, 5.41) is 2.38. The number of hydrogen-bond acceptors (Lipinski definition) is 2. The summed E-state index contributed by atoms with van der Waals surface area (Å²) in [5.74, 6) is 0. The molecule has 0 spiro atoms. The Morgan fingerprint density at radius 2 is 1.53 bits per heavy atom. The van der Waals surface area contributed by atoms with Crippen molar-refractivity contribution in [1.29, 1.82) is 0 Å². The van der Waals surface area contributed by atoms with Gasteiger partial charge < -0.3 is 0 Å². The van der Waals surface area contributed by atoms with E-state index in [9.17, 15) is 0 Å². The molecule has 2 heteroatoms. The molecule has 0 radical (unpaired) electrons. The lowest BCUT2D eigenvalue weighted by molar-refractivity contribution is 0.977. The molecule has 0 amide bonds. The number of rotatable bonds is 4. The molecular weight excluding hydrogens is 226 g/mol. The predicted molar refractivity (Wildman–Crippen MR) is 75.5 cm³/mol. The van der Waals surface area contributed by atoms with E-state index in [0.717, 1.165) is 6.42 Å². The number of nitrogens with zero attached hydrogens (tertiary/aromatic N) is 1. The molecule has 0 aromatic heterocycles. The van der Waals surface area contributed by atoms with Crippen LogP contribution >= 0.6 is 12.2 Å². The molecule has 84 valence electrons. The monoisotopic (exact) mass is 239 g/mol. The predicted octanol–water partition coefficient (Wildman–Crippen LogP) is 4.00. The van der Waals surface area contributed by atoms with Crippen LogP contribution in [0.1, 0.15) is 5.56 Å². The molecule has 0 atom stereocenters. The minimum Gasteiger partial charge on any atom is -0.232 e. The second-order valence-corrected chi connectivity index (χ2v) is 3.97. The molecule has 0 fully saturated rings. The van der Waals surface area contributed by atoms with Crippen molar-refractivity contribution in [3.05, 3.63) is 60.2 Å². The molecule has 0 aliphatic rings. The van der Waals surface area contributed by atoms with Gasteiger partial charge in [0.25, 0.3) is 0 Å². The fraction of sp³-hybridized carbons (Fsp3) is 0.133. The Balaban J connectivity index is 2.10. The molecule has 2 aromatic rings. The molecule has 2 aromatic carbocycles. The Morgan fingerprint density at radius 1 is 0.882 bits per heavy atom. The number of thiocarbonyl (C=S) groups is 1. The van der Waals surface area contributed by atoms with Crippen molar-refractivity contribution in [1.82, 2.24) is 0 Å². The normalized spacial score (nSPS) is 9.65. The van der Waals surface area contributed by atoms with Gasteiger partial charge in [0.2, 0.25) is 0 Å². The zero-order chi connectivity index (χ0) is 11.9. The van der Waals surface area contributed by atoms with Crippen molar-refractivity contribution in [2.75, 3.05) is 6.54 Å². The van der Waals surface area contributed by atoms with Crippen molar-refractivity contribution in [2.45, 2.75) is 6.42 Å². The first-order valence-electron chi connectivity index (χ1n) is 5.58. The highest BCUT2D eigenvalue weighted by atomic mass is 32.1. The lowest BCUT2D eigenvalue weighted by Gasteiger charge is -2.03. The molecule has 0 saturated carbocycles. The Kier molecular flexibility index (Phi) is 4.20. The van der Waals surface area contributed by atoms with Gasteiger partial charge in [0.1, 0.15) is 0 Å². The zero-order valence-corrected chi connectivity index (χ0v) is 10.3. The lowest BCUT2D eigenvalue weighted by atomic mass is 10.0. The van der Waals surface area contributed by atoms with E-state index >= 15 is 0 Å². The van der Waals surface area contributed by atoms with Crippen LogP contribution < -0.4 is 0 Å². The lowest BCUT2D eigenvalue weighted by Crippen LogP contribution is -1.88. The van der Waals surface area contributed by atoms with Gasteiger partial charge >= 0.3 is 0 Å². The van der Waals surface area contributed by atoms with Crippen LogP contribution in [0, 0.1) is 0 Å². The molecule has 17 heavy (non-hydrogen) atoms. The van der Waals surface area contributed by atoms with Gasteiger partial charge in [-0.2, -0.15) is 0 Å². The summed E-state index contributed by atoms with van der Waals surface area (Å²) in [6.45, 7) is 0.716. The Hall–Kier alpha value is -1.76. The van der Waals surface area contributed by atoms with Crippen LogP contribution in [0.25, 0.3) is 11.1 Å². The molecule has 0 heterocycles. The summed E-state index contributed by atoms with van der Waals surface area (Å²) in [5.41, 5.74) is 3.77. The highest BCUT2D eigenvalue weighted by Crippen LogP contribution is 2.19.